The number of fused-ring (bicyclic) bond motifs is 3. The van der Waals surface area contributed by atoms with Crippen LogP contribution in [0.3, 0.4) is 0 Å². The number of nitrogens with one attached hydrogen (secondary N) is 1. The lowest BCUT2D eigenvalue weighted by molar-refractivity contribution is -0.118. The highest BCUT2D eigenvalue weighted by Crippen LogP contribution is 2.36. The molecule has 5 heteroatoms. The summed E-state index contributed by atoms with van der Waals surface area (Å²) in [5.41, 5.74) is 2.53. The van der Waals surface area contributed by atoms with Gasteiger partial charge in [-0.15, -0.1) is 0 Å². The predicted molar refractivity (Wildman–Crippen MR) is 89.8 cm³/mol. The average molecular weight is 313 g/mol. The number of carbonyl (C=O) groups is 2. The van der Waals surface area contributed by atoms with Crippen molar-refractivity contribution in [2.45, 2.75) is 44.6 Å². The van der Waals surface area contributed by atoms with E-state index in [2.05, 4.69) is 10.2 Å². The van der Waals surface area contributed by atoms with Crippen LogP contribution in [0.25, 0.3) is 0 Å². The van der Waals surface area contributed by atoms with Gasteiger partial charge in [-0.05, 0) is 56.7 Å². The quantitative estimate of drug-likeness (QED) is 0.867. The molecule has 1 aromatic carbocycles. The molecule has 0 radical (unpaired) electrons. The van der Waals surface area contributed by atoms with E-state index < -0.39 is 0 Å². The minimum atomic E-state index is -0.0418. The van der Waals surface area contributed by atoms with Crippen LogP contribution < -0.4 is 10.2 Å². The standard InChI is InChI=1S/C18H23N3O2/c22-17-16-6-2-5-11-21(16)15-8-7-13(12-14(15)19-17)18(23)20-9-3-1-4-10-20/h7-8,12,16H,1-6,9-11H2,(H,19,22). The Kier molecular flexibility index (Phi) is 3.71. The molecule has 3 aliphatic rings. The fourth-order valence-corrected chi connectivity index (χ4v) is 4.01. The van der Waals surface area contributed by atoms with Crippen molar-refractivity contribution in [3.05, 3.63) is 23.8 Å². The molecule has 122 valence electrons. The Morgan fingerprint density at radius 2 is 1.83 bits per heavy atom. The summed E-state index contributed by atoms with van der Waals surface area (Å²) in [7, 11) is 0. The molecule has 0 aliphatic carbocycles. The number of hydrogen-bond donors (Lipinski definition) is 1. The molecule has 0 bridgehead atoms. The van der Waals surface area contributed by atoms with E-state index in [1.165, 1.54) is 6.42 Å². The maximum Gasteiger partial charge on any atom is 0.253 e. The summed E-state index contributed by atoms with van der Waals surface area (Å²) in [5, 5.41) is 3.01. The number of hydrogen-bond acceptors (Lipinski definition) is 3. The zero-order valence-electron chi connectivity index (χ0n) is 13.4. The van der Waals surface area contributed by atoms with E-state index in [0.29, 0.717) is 5.56 Å². The summed E-state index contributed by atoms with van der Waals surface area (Å²) < 4.78 is 0. The third kappa shape index (κ3) is 2.58. The van der Waals surface area contributed by atoms with Gasteiger partial charge in [0, 0.05) is 25.2 Å². The van der Waals surface area contributed by atoms with Gasteiger partial charge in [0.25, 0.3) is 5.91 Å². The van der Waals surface area contributed by atoms with E-state index >= 15 is 0 Å². The first-order chi connectivity index (χ1) is 11.2. The predicted octanol–water partition coefficient (Wildman–Crippen LogP) is 2.62. The molecular weight excluding hydrogens is 290 g/mol. The van der Waals surface area contributed by atoms with Crippen LogP contribution in [0.1, 0.15) is 48.9 Å². The molecule has 1 unspecified atom stereocenters. The fourth-order valence-electron chi connectivity index (χ4n) is 4.01. The van der Waals surface area contributed by atoms with Crippen LogP contribution in [0.5, 0.6) is 0 Å². The van der Waals surface area contributed by atoms with E-state index in [0.717, 1.165) is 63.1 Å². The van der Waals surface area contributed by atoms with Crippen LogP contribution in [0.15, 0.2) is 18.2 Å². The largest absolute Gasteiger partial charge is 0.358 e. The number of anilines is 2. The monoisotopic (exact) mass is 313 g/mol. The van der Waals surface area contributed by atoms with Gasteiger partial charge in [-0.1, -0.05) is 0 Å². The highest BCUT2D eigenvalue weighted by atomic mass is 16.2. The van der Waals surface area contributed by atoms with Crippen LogP contribution in [-0.2, 0) is 4.79 Å². The highest BCUT2D eigenvalue weighted by Gasteiger charge is 2.35. The van der Waals surface area contributed by atoms with Crippen LogP contribution >= 0.6 is 0 Å². The number of amides is 2. The maximum absolute atomic E-state index is 12.6. The summed E-state index contributed by atoms with van der Waals surface area (Å²) in [4.78, 5) is 29.1. The molecule has 4 rings (SSSR count). The fraction of sp³-hybridized carbons (Fsp3) is 0.556. The lowest BCUT2D eigenvalue weighted by Crippen LogP contribution is -2.50. The average Bonchev–Trinajstić information content (AvgIpc) is 2.61. The van der Waals surface area contributed by atoms with Gasteiger partial charge in [0.05, 0.1) is 11.4 Å². The van der Waals surface area contributed by atoms with E-state index in [1.807, 2.05) is 23.1 Å². The second kappa shape index (κ2) is 5.87. The lowest BCUT2D eigenvalue weighted by Gasteiger charge is -2.41. The third-order valence-electron chi connectivity index (χ3n) is 5.26. The Labute approximate surface area is 136 Å². The lowest BCUT2D eigenvalue weighted by atomic mass is 9.96. The zero-order chi connectivity index (χ0) is 15.8. The molecule has 3 aliphatic heterocycles. The van der Waals surface area contributed by atoms with Gasteiger partial charge in [-0.25, -0.2) is 0 Å². The number of piperidine rings is 2. The van der Waals surface area contributed by atoms with Gasteiger partial charge in [-0.2, -0.15) is 0 Å². The molecule has 0 aromatic heterocycles. The van der Waals surface area contributed by atoms with Gasteiger partial charge < -0.3 is 15.1 Å². The van der Waals surface area contributed by atoms with Gasteiger partial charge in [0.2, 0.25) is 5.91 Å². The molecule has 2 fully saturated rings. The van der Waals surface area contributed by atoms with Crippen LogP contribution in [0.2, 0.25) is 0 Å². The minimum absolute atomic E-state index is 0.0418. The maximum atomic E-state index is 12.6. The minimum Gasteiger partial charge on any atom is -0.358 e. The Morgan fingerprint density at radius 3 is 2.65 bits per heavy atom. The van der Waals surface area contributed by atoms with E-state index in [-0.39, 0.29) is 17.9 Å². The smallest absolute Gasteiger partial charge is 0.253 e. The molecule has 1 aromatic rings. The summed E-state index contributed by atoms with van der Waals surface area (Å²) in [5.74, 6) is 0.155. The number of likely N-dealkylation sites (tertiary alicyclic amines) is 1. The first-order valence-corrected chi connectivity index (χ1v) is 8.75. The van der Waals surface area contributed by atoms with Crippen LogP contribution in [-0.4, -0.2) is 42.4 Å². The Morgan fingerprint density at radius 1 is 1.04 bits per heavy atom. The van der Waals surface area contributed by atoms with Crippen LogP contribution in [0.4, 0.5) is 11.4 Å². The van der Waals surface area contributed by atoms with Crippen molar-refractivity contribution < 1.29 is 9.59 Å². The number of carbonyl (C=O) groups excluding carboxylic acids is 2. The molecule has 1 N–H and O–H groups in total. The normalized spacial score (nSPS) is 23.8. The van der Waals surface area contributed by atoms with Crippen molar-refractivity contribution >= 4 is 23.2 Å². The zero-order valence-corrected chi connectivity index (χ0v) is 13.4. The van der Waals surface area contributed by atoms with Gasteiger partial charge >= 0.3 is 0 Å². The Balaban J connectivity index is 1.62. The molecule has 5 nitrogen and oxygen atoms in total. The van der Waals surface area contributed by atoms with Crippen molar-refractivity contribution in [2.75, 3.05) is 29.9 Å². The molecule has 23 heavy (non-hydrogen) atoms. The van der Waals surface area contributed by atoms with Crippen molar-refractivity contribution in [3.8, 4) is 0 Å². The molecule has 2 amide bonds. The van der Waals surface area contributed by atoms with Crippen molar-refractivity contribution in [1.29, 1.82) is 0 Å². The van der Waals surface area contributed by atoms with Crippen molar-refractivity contribution in [2.24, 2.45) is 0 Å². The third-order valence-corrected chi connectivity index (χ3v) is 5.26. The number of rotatable bonds is 1. The van der Waals surface area contributed by atoms with E-state index in [9.17, 15) is 9.59 Å². The first-order valence-electron chi connectivity index (χ1n) is 8.75. The SMILES string of the molecule is O=C1Nc2cc(C(=O)N3CCCCC3)ccc2N2CCCCC12. The van der Waals surface area contributed by atoms with Crippen molar-refractivity contribution in [3.63, 3.8) is 0 Å². The second-order valence-electron chi connectivity index (χ2n) is 6.78. The molecule has 0 spiro atoms. The second-order valence-corrected chi connectivity index (χ2v) is 6.78. The van der Waals surface area contributed by atoms with Crippen LogP contribution in [0, 0.1) is 0 Å². The van der Waals surface area contributed by atoms with Gasteiger partial charge in [0.1, 0.15) is 6.04 Å². The molecule has 1 atom stereocenters. The summed E-state index contributed by atoms with van der Waals surface area (Å²) in [6.45, 7) is 2.61. The number of nitrogens with zero attached hydrogens (tertiary/aromatic N) is 2. The van der Waals surface area contributed by atoms with E-state index in [4.69, 9.17) is 0 Å². The van der Waals surface area contributed by atoms with Crippen molar-refractivity contribution in [1.82, 2.24) is 4.90 Å². The number of benzene rings is 1. The summed E-state index contributed by atoms with van der Waals surface area (Å²) in [6, 6.07) is 5.73. The highest BCUT2D eigenvalue weighted by molar-refractivity contribution is 6.05. The summed E-state index contributed by atoms with van der Waals surface area (Å²) >= 11 is 0. The Bertz CT molecular complexity index is 637. The molecular formula is C18H23N3O2. The van der Waals surface area contributed by atoms with Gasteiger partial charge in [-0.3, -0.25) is 9.59 Å². The Hall–Kier alpha value is -2.04. The molecule has 3 heterocycles. The topological polar surface area (TPSA) is 52.7 Å². The van der Waals surface area contributed by atoms with Gasteiger partial charge in [0.15, 0.2) is 0 Å². The first kappa shape index (κ1) is 14.5. The van der Waals surface area contributed by atoms with E-state index in [1.54, 1.807) is 0 Å². The molecule has 0 saturated carbocycles. The molecule has 2 saturated heterocycles. The summed E-state index contributed by atoms with van der Waals surface area (Å²) in [6.07, 6.45) is 6.53.